The van der Waals surface area contributed by atoms with Gasteiger partial charge >= 0.3 is 0 Å². The second-order valence-corrected chi connectivity index (χ2v) is 5.21. The minimum absolute atomic E-state index is 0.0666. The van der Waals surface area contributed by atoms with E-state index in [1.165, 1.54) is 12.1 Å². The molecule has 0 aliphatic carbocycles. The van der Waals surface area contributed by atoms with Crippen LogP contribution in [0.25, 0.3) is 0 Å². The molecule has 3 N–H and O–H groups in total. The Morgan fingerprint density at radius 3 is 1.71 bits per heavy atom. The first-order chi connectivity index (χ1) is 8.00. The van der Waals surface area contributed by atoms with E-state index in [4.69, 9.17) is 4.55 Å². The van der Waals surface area contributed by atoms with Gasteiger partial charge in [-0.25, -0.2) is 0 Å². The van der Waals surface area contributed by atoms with Gasteiger partial charge in [-0.05, 0) is 19.1 Å². The first-order valence-electron chi connectivity index (χ1n) is 5.46. The summed E-state index contributed by atoms with van der Waals surface area (Å²) < 4.78 is 29.6. The van der Waals surface area contributed by atoms with E-state index in [0.717, 1.165) is 31.7 Å². The Morgan fingerprint density at radius 2 is 1.41 bits per heavy atom. The van der Waals surface area contributed by atoms with E-state index >= 15 is 0 Å². The van der Waals surface area contributed by atoms with Gasteiger partial charge in [0.05, 0.1) is 4.90 Å². The standard InChI is InChI=1S/C7H8O3S.C4H10N2/c1-6-2-4-7(5-3-6)11(8,9)10;1-2-6-4-3-5-1/h2-5H,1H3,(H,8,9,10);5-6H,1-4H2. The zero-order valence-corrected chi connectivity index (χ0v) is 10.6. The van der Waals surface area contributed by atoms with Crippen molar-refractivity contribution < 1.29 is 13.0 Å². The van der Waals surface area contributed by atoms with Crippen LogP contribution >= 0.6 is 0 Å². The molecule has 96 valence electrons. The summed E-state index contributed by atoms with van der Waals surface area (Å²) in [6.07, 6.45) is 0. The second kappa shape index (κ2) is 6.70. The molecule has 1 aliphatic heterocycles. The highest BCUT2D eigenvalue weighted by atomic mass is 32.2. The Hall–Kier alpha value is -0.950. The molecule has 0 radical (unpaired) electrons. The SMILES string of the molecule is C1CNCCN1.Cc1ccc(S(=O)(=O)O)cc1. The molecular formula is C11H18N2O3S. The van der Waals surface area contributed by atoms with Crippen molar-refractivity contribution in [1.82, 2.24) is 10.6 Å². The molecule has 0 spiro atoms. The molecule has 1 heterocycles. The number of rotatable bonds is 1. The lowest BCUT2D eigenvalue weighted by Gasteiger charge is -2.11. The highest BCUT2D eigenvalue weighted by molar-refractivity contribution is 7.85. The fourth-order valence-corrected chi connectivity index (χ4v) is 1.79. The van der Waals surface area contributed by atoms with Gasteiger partial charge in [0.2, 0.25) is 0 Å². The zero-order valence-electron chi connectivity index (χ0n) is 9.81. The Balaban J connectivity index is 0.000000202. The van der Waals surface area contributed by atoms with Crippen molar-refractivity contribution in [3.05, 3.63) is 29.8 Å². The fourth-order valence-electron chi connectivity index (χ4n) is 1.31. The third kappa shape index (κ3) is 5.78. The van der Waals surface area contributed by atoms with Crippen LogP contribution in [0.15, 0.2) is 29.2 Å². The summed E-state index contributed by atoms with van der Waals surface area (Å²) in [5.41, 5.74) is 0.956. The predicted molar refractivity (Wildman–Crippen MR) is 66.7 cm³/mol. The summed E-state index contributed by atoms with van der Waals surface area (Å²) in [7, 11) is -4.02. The van der Waals surface area contributed by atoms with Crippen molar-refractivity contribution in [3.63, 3.8) is 0 Å². The quantitative estimate of drug-likeness (QED) is 0.636. The number of nitrogens with one attached hydrogen (secondary N) is 2. The summed E-state index contributed by atoms with van der Waals surface area (Å²) in [5, 5.41) is 6.44. The van der Waals surface area contributed by atoms with Gasteiger partial charge in [0, 0.05) is 26.2 Å². The highest BCUT2D eigenvalue weighted by Crippen LogP contribution is 2.08. The Kier molecular flexibility index (Phi) is 5.57. The molecule has 6 heteroatoms. The maximum absolute atomic E-state index is 10.5. The van der Waals surface area contributed by atoms with Gasteiger partial charge in [-0.2, -0.15) is 8.42 Å². The molecule has 0 amide bonds. The van der Waals surface area contributed by atoms with Crippen molar-refractivity contribution in [2.24, 2.45) is 0 Å². The summed E-state index contributed by atoms with van der Waals surface area (Å²) in [4.78, 5) is -0.0666. The highest BCUT2D eigenvalue weighted by Gasteiger charge is 2.06. The number of hydrogen-bond acceptors (Lipinski definition) is 4. The molecule has 0 bridgehead atoms. The molecule has 5 nitrogen and oxygen atoms in total. The summed E-state index contributed by atoms with van der Waals surface area (Å²) >= 11 is 0. The monoisotopic (exact) mass is 258 g/mol. The normalized spacial score (nSPS) is 15.9. The van der Waals surface area contributed by atoms with Gasteiger partial charge in [0.15, 0.2) is 0 Å². The van der Waals surface area contributed by atoms with Crippen molar-refractivity contribution in [1.29, 1.82) is 0 Å². The van der Waals surface area contributed by atoms with E-state index < -0.39 is 10.1 Å². The van der Waals surface area contributed by atoms with Crippen LogP contribution in [0.5, 0.6) is 0 Å². The third-order valence-corrected chi connectivity index (χ3v) is 3.14. The predicted octanol–water partition coefficient (Wildman–Crippen LogP) is 0.421. The fraction of sp³-hybridized carbons (Fsp3) is 0.455. The van der Waals surface area contributed by atoms with Crippen LogP contribution in [0.4, 0.5) is 0 Å². The van der Waals surface area contributed by atoms with Gasteiger partial charge in [0.1, 0.15) is 0 Å². The molecule has 1 fully saturated rings. The molecule has 0 saturated carbocycles. The largest absolute Gasteiger partial charge is 0.314 e. The Labute approximate surface area is 102 Å². The maximum Gasteiger partial charge on any atom is 0.294 e. The van der Waals surface area contributed by atoms with E-state index in [1.54, 1.807) is 12.1 Å². The van der Waals surface area contributed by atoms with Crippen molar-refractivity contribution in [2.75, 3.05) is 26.2 Å². The van der Waals surface area contributed by atoms with E-state index in [2.05, 4.69) is 10.6 Å². The molecule has 1 aromatic rings. The van der Waals surface area contributed by atoms with Gasteiger partial charge in [0.25, 0.3) is 10.1 Å². The van der Waals surface area contributed by atoms with Crippen LogP contribution in [-0.2, 0) is 10.1 Å². The molecule has 1 aromatic carbocycles. The maximum atomic E-state index is 10.5. The Morgan fingerprint density at radius 1 is 1.00 bits per heavy atom. The van der Waals surface area contributed by atoms with E-state index in [1.807, 2.05) is 6.92 Å². The minimum Gasteiger partial charge on any atom is -0.314 e. The Bertz CT molecular complexity index is 413. The molecule has 0 unspecified atom stereocenters. The number of piperazine rings is 1. The molecule has 2 rings (SSSR count). The van der Waals surface area contributed by atoms with Crippen molar-refractivity contribution >= 4 is 10.1 Å². The molecular weight excluding hydrogens is 240 g/mol. The topological polar surface area (TPSA) is 78.4 Å². The lowest BCUT2D eigenvalue weighted by atomic mass is 10.2. The smallest absolute Gasteiger partial charge is 0.294 e. The van der Waals surface area contributed by atoms with Gasteiger partial charge < -0.3 is 10.6 Å². The average molecular weight is 258 g/mol. The van der Waals surface area contributed by atoms with Crippen LogP contribution in [0.2, 0.25) is 0 Å². The zero-order chi connectivity index (χ0) is 12.7. The number of aryl methyl sites for hydroxylation is 1. The van der Waals surface area contributed by atoms with Crippen LogP contribution in [0.3, 0.4) is 0 Å². The first kappa shape index (κ1) is 14.1. The lowest BCUT2D eigenvalue weighted by Crippen LogP contribution is -2.39. The summed E-state index contributed by atoms with van der Waals surface area (Å²) in [5.74, 6) is 0. The summed E-state index contributed by atoms with van der Waals surface area (Å²) in [6.45, 7) is 6.40. The molecule has 17 heavy (non-hydrogen) atoms. The second-order valence-electron chi connectivity index (χ2n) is 3.79. The lowest BCUT2D eigenvalue weighted by molar-refractivity contribution is 0.483. The van der Waals surface area contributed by atoms with E-state index in [0.29, 0.717) is 0 Å². The van der Waals surface area contributed by atoms with Crippen LogP contribution in [0.1, 0.15) is 5.56 Å². The van der Waals surface area contributed by atoms with Crippen LogP contribution in [-0.4, -0.2) is 39.1 Å². The molecule has 0 aromatic heterocycles. The van der Waals surface area contributed by atoms with Gasteiger partial charge in [-0.15, -0.1) is 0 Å². The van der Waals surface area contributed by atoms with Gasteiger partial charge in [-0.1, -0.05) is 17.7 Å². The first-order valence-corrected chi connectivity index (χ1v) is 6.90. The number of benzene rings is 1. The third-order valence-electron chi connectivity index (χ3n) is 2.28. The van der Waals surface area contributed by atoms with Crippen molar-refractivity contribution in [3.8, 4) is 0 Å². The minimum atomic E-state index is -4.02. The van der Waals surface area contributed by atoms with Crippen LogP contribution < -0.4 is 10.6 Å². The van der Waals surface area contributed by atoms with E-state index in [9.17, 15) is 8.42 Å². The summed E-state index contributed by atoms with van der Waals surface area (Å²) in [6, 6.07) is 5.99. The van der Waals surface area contributed by atoms with Gasteiger partial charge in [-0.3, -0.25) is 4.55 Å². The van der Waals surface area contributed by atoms with Crippen molar-refractivity contribution in [2.45, 2.75) is 11.8 Å². The van der Waals surface area contributed by atoms with E-state index in [-0.39, 0.29) is 4.90 Å². The number of hydrogen-bond donors (Lipinski definition) is 3. The molecule has 1 saturated heterocycles. The average Bonchev–Trinajstić information content (AvgIpc) is 2.31. The molecule has 1 aliphatic rings. The van der Waals surface area contributed by atoms with Crippen LogP contribution in [0, 0.1) is 6.92 Å². The molecule has 0 atom stereocenters.